The highest BCUT2D eigenvalue weighted by molar-refractivity contribution is 5.76. The molecule has 0 aliphatic heterocycles. The van der Waals surface area contributed by atoms with Crippen molar-refractivity contribution < 1.29 is 9.53 Å². The fraction of sp³-hybridized carbons (Fsp3) is 0.300. The third-order valence-electron chi connectivity index (χ3n) is 1.78. The highest BCUT2D eigenvalue weighted by atomic mass is 16.5. The van der Waals surface area contributed by atoms with E-state index >= 15 is 0 Å². The van der Waals surface area contributed by atoms with Crippen LogP contribution in [0.25, 0.3) is 0 Å². The van der Waals surface area contributed by atoms with Crippen molar-refractivity contribution in [2.75, 3.05) is 6.61 Å². The van der Waals surface area contributed by atoms with E-state index in [1.807, 2.05) is 36.6 Å². The second kappa shape index (κ2) is 5.36. The molecule has 0 atom stereocenters. The van der Waals surface area contributed by atoms with Gasteiger partial charge in [0.15, 0.2) is 0 Å². The van der Waals surface area contributed by atoms with Gasteiger partial charge in [-0.15, -0.1) is 0 Å². The van der Waals surface area contributed by atoms with Crippen molar-refractivity contribution in [3.63, 3.8) is 0 Å². The lowest BCUT2D eigenvalue weighted by Gasteiger charge is -2.03. The van der Waals surface area contributed by atoms with Crippen LogP contribution in [0.1, 0.15) is 11.1 Å². The van der Waals surface area contributed by atoms with Gasteiger partial charge in [0, 0.05) is 0 Å². The Morgan fingerprint density at radius 2 is 2.07 bits per heavy atom. The number of hydrazine groups is 1. The lowest BCUT2D eigenvalue weighted by Crippen LogP contribution is -2.33. The van der Waals surface area contributed by atoms with E-state index in [-0.39, 0.29) is 12.5 Å². The van der Waals surface area contributed by atoms with E-state index in [1.54, 1.807) is 0 Å². The van der Waals surface area contributed by atoms with Crippen molar-refractivity contribution in [3.8, 4) is 0 Å². The minimum atomic E-state index is -0.322. The van der Waals surface area contributed by atoms with E-state index in [0.29, 0.717) is 6.61 Å². The van der Waals surface area contributed by atoms with Gasteiger partial charge in [-0.2, -0.15) is 0 Å². The van der Waals surface area contributed by atoms with Crippen molar-refractivity contribution in [1.82, 2.24) is 5.43 Å². The first-order valence-electron chi connectivity index (χ1n) is 4.35. The Morgan fingerprint density at radius 3 is 2.64 bits per heavy atom. The molecular formula is C10H14N2O2. The first-order chi connectivity index (χ1) is 6.72. The Bertz CT molecular complexity index is 295. The van der Waals surface area contributed by atoms with E-state index in [1.165, 1.54) is 5.56 Å². The first-order valence-corrected chi connectivity index (χ1v) is 4.35. The number of nitrogens with one attached hydrogen (secondary N) is 1. The van der Waals surface area contributed by atoms with Crippen LogP contribution in [0.4, 0.5) is 0 Å². The zero-order valence-corrected chi connectivity index (χ0v) is 8.12. The van der Waals surface area contributed by atoms with Gasteiger partial charge in [-0.3, -0.25) is 10.2 Å². The Morgan fingerprint density at radius 1 is 1.43 bits per heavy atom. The average molecular weight is 194 g/mol. The number of carbonyl (C=O) groups is 1. The number of ether oxygens (including phenoxy) is 1. The maximum absolute atomic E-state index is 10.7. The van der Waals surface area contributed by atoms with Crippen LogP contribution in [0.2, 0.25) is 0 Å². The molecule has 0 fully saturated rings. The second-order valence-electron chi connectivity index (χ2n) is 3.05. The highest BCUT2D eigenvalue weighted by Crippen LogP contribution is 2.03. The molecule has 0 radical (unpaired) electrons. The van der Waals surface area contributed by atoms with E-state index in [9.17, 15) is 4.79 Å². The zero-order chi connectivity index (χ0) is 10.4. The number of nitrogens with two attached hydrogens (primary N) is 1. The van der Waals surface area contributed by atoms with Gasteiger partial charge >= 0.3 is 0 Å². The average Bonchev–Trinajstić information content (AvgIpc) is 2.21. The van der Waals surface area contributed by atoms with Gasteiger partial charge in [0.05, 0.1) is 6.61 Å². The van der Waals surface area contributed by atoms with Gasteiger partial charge < -0.3 is 4.74 Å². The summed E-state index contributed by atoms with van der Waals surface area (Å²) in [6.45, 7) is 2.44. The predicted molar refractivity (Wildman–Crippen MR) is 53.2 cm³/mol. The quantitative estimate of drug-likeness (QED) is 0.417. The van der Waals surface area contributed by atoms with Crippen LogP contribution >= 0.6 is 0 Å². The Balaban J connectivity index is 2.31. The summed E-state index contributed by atoms with van der Waals surface area (Å²) in [6.07, 6.45) is 0. The molecule has 1 rings (SSSR count). The summed E-state index contributed by atoms with van der Waals surface area (Å²) in [4.78, 5) is 10.7. The first kappa shape index (κ1) is 10.7. The standard InChI is InChI=1S/C10H14N2O2/c1-8-2-4-9(5-3-8)6-14-7-10(13)12-11/h2-5H,6-7,11H2,1H3,(H,12,13). The van der Waals surface area contributed by atoms with E-state index in [4.69, 9.17) is 10.6 Å². The number of amides is 1. The minimum absolute atomic E-state index is 0.00955. The van der Waals surface area contributed by atoms with Gasteiger partial charge in [0.1, 0.15) is 6.61 Å². The summed E-state index contributed by atoms with van der Waals surface area (Å²) in [7, 11) is 0. The van der Waals surface area contributed by atoms with Gasteiger partial charge in [0.2, 0.25) is 0 Å². The summed E-state index contributed by atoms with van der Waals surface area (Å²) in [5, 5.41) is 0. The van der Waals surface area contributed by atoms with Crippen LogP contribution in [0.15, 0.2) is 24.3 Å². The Hall–Kier alpha value is -1.39. The normalized spacial score (nSPS) is 9.86. The molecule has 76 valence electrons. The molecule has 0 heterocycles. The van der Waals surface area contributed by atoms with Crippen molar-refractivity contribution in [3.05, 3.63) is 35.4 Å². The zero-order valence-electron chi connectivity index (χ0n) is 8.12. The molecule has 4 heteroatoms. The maximum Gasteiger partial charge on any atom is 0.259 e. The van der Waals surface area contributed by atoms with Crippen LogP contribution in [0.3, 0.4) is 0 Å². The third-order valence-corrected chi connectivity index (χ3v) is 1.78. The summed E-state index contributed by atoms with van der Waals surface area (Å²) in [5.74, 6) is 4.57. The monoisotopic (exact) mass is 194 g/mol. The molecule has 0 saturated carbocycles. The lowest BCUT2D eigenvalue weighted by molar-refractivity contribution is -0.126. The fourth-order valence-electron chi connectivity index (χ4n) is 0.988. The fourth-order valence-corrected chi connectivity index (χ4v) is 0.988. The van der Waals surface area contributed by atoms with Crippen molar-refractivity contribution in [2.24, 2.45) is 5.84 Å². The van der Waals surface area contributed by atoms with E-state index < -0.39 is 0 Å². The Kier molecular flexibility index (Phi) is 4.10. The molecule has 14 heavy (non-hydrogen) atoms. The third kappa shape index (κ3) is 3.55. The highest BCUT2D eigenvalue weighted by Gasteiger charge is 1.98. The smallest absolute Gasteiger partial charge is 0.259 e. The van der Waals surface area contributed by atoms with Crippen LogP contribution in [-0.4, -0.2) is 12.5 Å². The molecule has 1 aromatic carbocycles. The van der Waals surface area contributed by atoms with Gasteiger partial charge in [-0.25, -0.2) is 5.84 Å². The molecule has 0 spiro atoms. The SMILES string of the molecule is Cc1ccc(COCC(=O)NN)cc1. The van der Waals surface area contributed by atoms with Crippen LogP contribution in [-0.2, 0) is 16.1 Å². The van der Waals surface area contributed by atoms with Crippen LogP contribution in [0, 0.1) is 6.92 Å². The van der Waals surface area contributed by atoms with Crippen LogP contribution in [0.5, 0.6) is 0 Å². The molecule has 0 saturated heterocycles. The number of carbonyl (C=O) groups excluding carboxylic acids is 1. The number of hydrogen-bond donors (Lipinski definition) is 2. The number of hydrogen-bond acceptors (Lipinski definition) is 3. The second-order valence-corrected chi connectivity index (χ2v) is 3.05. The molecular weight excluding hydrogens is 180 g/mol. The molecule has 0 aliphatic rings. The summed E-state index contributed by atoms with van der Waals surface area (Å²) in [5.41, 5.74) is 4.24. The number of rotatable bonds is 4. The summed E-state index contributed by atoms with van der Waals surface area (Å²) >= 11 is 0. The predicted octanol–water partition coefficient (Wildman–Crippen LogP) is 0.502. The number of aryl methyl sites for hydroxylation is 1. The molecule has 0 aromatic heterocycles. The van der Waals surface area contributed by atoms with Gasteiger partial charge in [-0.05, 0) is 12.5 Å². The Labute approximate surface area is 83.0 Å². The molecule has 0 aliphatic carbocycles. The van der Waals surface area contributed by atoms with Crippen molar-refractivity contribution in [1.29, 1.82) is 0 Å². The van der Waals surface area contributed by atoms with Gasteiger partial charge in [-0.1, -0.05) is 29.8 Å². The van der Waals surface area contributed by atoms with Crippen molar-refractivity contribution in [2.45, 2.75) is 13.5 Å². The number of benzene rings is 1. The minimum Gasteiger partial charge on any atom is -0.367 e. The molecule has 4 nitrogen and oxygen atoms in total. The van der Waals surface area contributed by atoms with E-state index in [0.717, 1.165) is 5.56 Å². The topological polar surface area (TPSA) is 64.3 Å². The molecule has 0 unspecified atom stereocenters. The maximum atomic E-state index is 10.7. The summed E-state index contributed by atoms with van der Waals surface area (Å²) in [6, 6.07) is 7.94. The van der Waals surface area contributed by atoms with Crippen LogP contribution < -0.4 is 11.3 Å². The molecule has 1 aromatic rings. The molecule has 3 N–H and O–H groups in total. The van der Waals surface area contributed by atoms with Gasteiger partial charge in [0.25, 0.3) is 5.91 Å². The molecule has 0 bridgehead atoms. The van der Waals surface area contributed by atoms with E-state index in [2.05, 4.69) is 0 Å². The van der Waals surface area contributed by atoms with Crippen molar-refractivity contribution >= 4 is 5.91 Å². The molecule has 1 amide bonds. The lowest BCUT2D eigenvalue weighted by atomic mass is 10.2. The largest absolute Gasteiger partial charge is 0.367 e. The summed E-state index contributed by atoms with van der Waals surface area (Å²) < 4.78 is 5.12.